The molecule has 8 heteroatoms. The van der Waals surface area contributed by atoms with Gasteiger partial charge in [-0.1, -0.05) is 11.8 Å². The zero-order chi connectivity index (χ0) is 20.8. The van der Waals surface area contributed by atoms with Gasteiger partial charge in [0.25, 0.3) is 0 Å². The Morgan fingerprint density at radius 2 is 1.66 bits per heavy atom. The average molecular weight is 413 g/mol. The van der Waals surface area contributed by atoms with Crippen molar-refractivity contribution in [1.29, 1.82) is 0 Å². The number of aliphatic imine (C=N–C) groups is 1. The quantitative estimate of drug-likeness (QED) is 0.749. The molecule has 0 radical (unpaired) electrons. The number of carbonyl (C=O) groups is 2. The molecule has 1 heterocycles. The summed E-state index contributed by atoms with van der Waals surface area (Å²) < 4.78 is 10.3. The Balaban J connectivity index is 1.67. The number of thioether (sulfide) groups is 1. The van der Waals surface area contributed by atoms with E-state index >= 15 is 0 Å². The lowest BCUT2D eigenvalue weighted by molar-refractivity contribution is -0.128. The molecule has 2 aromatic rings. The average Bonchev–Trinajstić information content (AvgIpc) is 3.03. The lowest BCUT2D eigenvalue weighted by Crippen LogP contribution is -2.33. The van der Waals surface area contributed by atoms with Gasteiger partial charge in [-0.3, -0.25) is 14.5 Å². The summed E-state index contributed by atoms with van der Waals surface area (Å²) in [5, 5.41) is 2.92. The molecule has 29 heavy (non-hydrogen) atoms. The molecule has 7 nitrogen and oxygen atoms in total. The van der Waals surface area contributed by atoms with Gasteiger partial charge in [0.05, 0.1) is 19.9 Å². The summed E-state index contributed by atoms with van der Waals surface area (Å²) in [6.07, 6.45) is 0.0770. The summed E-state index contributed by atoms with van der Waals surface area (Å²) in [5.74, 6) is 1.13. The van der Waals surface area contributed by atoms with Crippen LogP contribution in [0, 0.1) is 0 Å². The number of amides is 2. The van der Waals surface area contributed by atoms with Crippen molar-refractivity contribution in [2.45, 2.75) is 18.6 Å². The molecule has 0 spiro atoms. The molecule has 1 fully saturated rings. The highest BCUT2D eigenvalue weighted by Gasteiger charge is 2.38. The number of rotatable bonds is 7. The lowest BCUT2D eigenvalue weighted by Gasteiger charge is -2.13. The first-order chi connectivity index (χ1) is 14.0. The third-order valence-electron chi connectivity index (χ3n) is 4.38. The molecule has 152 valence electrons. The summed E-state index contributed by atoms with van der Waals surface area (Å²) in [7, 11) is 3.19. The Kier molecular flexibility index (Phi) is 6.77. The van der Waals surface area contributed by atoms with E-state index in [-0.39, 0.29) is 18.2 Å². The molecular formula is C21H23N3O4S. The largest absolute Gasteiger partial charge is 0.497 e. The summed E-state index contributed by atoms with van der Waals surface area (Å²) in [6.45, 7) is 2.39. The fourth-order valence-corrected chi connectivity index (χ4v) is 4.06. The van der Waals surface area contributed by atoms with Crippen LogP contribution in [0.15, 0.2) is 53.5 Å². The van der Waals surface area contributed by atoms with Gasteiger partial charge in [0.15, 0.2) is 5.17 Å². The van der Waals surface area contributed by atoms with Gasteiger partial charge in [-0.25, -0.2) is 4.99 Å². The van der Waals surface area contributed by atoms with Crippen LogP contribution in [0.5, 0.6) is 11.5 Å². The fraction of sp³-hybridized carbons (Fsp3) is 0.286. The monoisotopic (exact) mass is 413 g/mol. The molecule has 0 bridgehead atoms. The van der Waals surface area contributed by atoms with E-state index in [2.05, 4.69) is 10.3 Å². The Labute approximate surface area is 174 Å². The number of nitrogens with one attached hydrogen (secondary N) is 1. The Hall–Kier alpha value is -3.00. The number of hydrogen-bond acceptors (Lipinski definition) is 6. The maximum absolute atomic E-state index is 12.7. The highest BCUT2D eigenvalue weighted by molar-refractivity contribution is 8.15. The Morgan fingerprint density at radius 1 is 1.07 bits per heavy atom. The molecule has 0 saturated carbocycles. The Bertz CT molecular complexity index is 897. The molecule has 1 aliphatic heterocycles. The van der Waals surface area contributed by atoms with Crippen LogP contribution in [0.4, 0.5) is 11.4 Å². The van der Waals surface area contributed by atoms with Crippen LogP contribution in [0.3, 0.4) is 0 Å². The van der Waals surface area contributed by atoms with E-state index in [9.17, 15) is 9.59 Å². The van der Waals surface area contributed by atoms with Crippen molar-refractivity contribution in [3.8, 4) is 11.5 Å². The first-order valence-electron chi connectivity index (χ1n) is 9.18. The van der Waals surface area contributed by atoms with Crippen LogP contribution in [0.2, 0.25) is 0 Å². The van der Waals surface area contributed by atoms with Crippen LogP contribution in [-0.2, 0) is 9.59 Å². The van der Waals surface area contributed by atoms with Gasteiger partial charge in [-0.05, 0) is 55.5 Å². The van der Waals surface area contributed by atoms with E-state index in [1.807, 2.05) is 31.2 Å². The van der Waals surface area contributed by atoms with E-state index in [0.717, 1.165) is 11.4 Å². The van der Waals surface area contributed by atoms with Crippen molar-refractivity contribution in [2.75, 3.05) is 26.1 Å². The molecule has 1 unspecified atom stereocenters. The zero-order valence-electron chi connectivity index (χ0n) is 16.5. The van der Waals surface area contributed by atoms with Gasteiger partial charge >= 0.3 is 0 Å². The van der Waals surface area contributed by atoms with Crippen molar-refractivity contribution >= 4 is 40.1 Å². The zero-order valence-corrected chi connectivity index (χ0v) is 17.4. The van der Waals surface area contributed by atoms with Crippen molar-refractivity contribution < 1.29 is 19.1 Å². The molecule has 1 aliphatic rings. The standard InChI is InChI=1S/C21H23N3O4S/c1-4-24-20(26)18(13-19(25)22-14-5-9-16(27-2)10-6-14)29-21(24)23-15-7-11-17(28-3)12-8-15/h5-12,18H,4,13H2,1-3H3,(H,22,25). The van der Waals surface area contributed by atoms with Crippen molar-refractivity contribution in [2.24, 2.45) is 4.99 Å². The van der Waals surface area contributed by atoms with Gasteiger partial charge in [0.2, 0.25) is 11.8 Å². The highest BCUT2D eigenvalue weighted by atomic mass is 32.2. The maximum atomic E-state index is 12.7. The molecule has 0 aliphatic carbocycles. The van der Waals surface area contributed by atoms with Crippen LogP contribution in [0.1, 0.15) is 13.3 Å². The van der Waals surface area contributed by atoms with Gasteiger partial charge in [0, 0.05) is 18.7 Å². The molecule has 1 atom stereocenters. The van der Waals surface area contributed by atoms with Crippen LogP contribution in [-0.4, -0.2) is 47.9 Å². The number of methoxy groups -OCH3 is 2. The molecule has 2 aromatic carbocycles. The van der Waals surface area contributed by atoms with Crippen molar-refractivity contribution in [3.63, 3.8) is 0 Å². The first kappa shape index (κ1) is 20.7. The third kappa shape index (κ3) is 5.08. The number of amidine groups is 1. The smallest absolute Gasteiger partial charge is 0.242 e. The van der Waals surface area contributed by atoms with Crippen LogP contribution >= 0.6 is 11.8 Å². The third-order valence-corrected chi connectivity index (χ3v) is 5.55. The van der Waals surface area contributed by atoms with Gasteiger partial charge in [0.1, 0.15) is 16.7 Å². The summed E-state index contributed by atoms with van der Waals surface area (Å²) in [4.78, 5) is 31.3. The van der Waals surface area contributed by atoms with E-state index in [0.29, 0.717) is 23.1 Å². The number of benzene rings is 2. The van der Waals surface area contributed by atoms with Gasteiger partial charge in [-0.2, -0.15) is 0 Å². The van der Waals surface area contributed by atoms with E-state index in [4.69, 9.17) is 9.47 Å². The highest BCUT2D eigenvalue weighted by Crippen LogP contribution is 2.32. The topological polar surface area (TPSA) is 80.2 Å². The fourth-order valence-electron chi connectivity index (χ4n) is 2.84. The van der Waals surface area contributed by atoms with Crippen LogP contribution in [0.25, 0.3) is 0 Å². The van der Waals surface area contributed by atoms with E-state index < -0.39 is 5.25 Å². The minimum atomic E-state index is -0.495. The van der Waals surface area contributed by atoms with E-state index in [1.54, 1.807) is 43.4 Å². The molecule has 2 amide bonds. The minimum Gasteiger partial charge on any atom is -0.497 e. The van der Waals surface area contributed by atoms with Crippen molar-refractivity contribution in [1.82, 2.24) is 4.90 Å². The second-order valence-electron chi connectivity index (χ2n) is 6.26. The second kappa shape index (κ2) is 9.47. The van der Waals surface area contributed by atoms with Crippen LogP contribution < -0.4 is 14.8 Å². The molecule has 1 saturated heterocycles. The number of hydrogen-bond donors (Lipinski definition) is 1. The predicted octanol–water partition coefficient (Wildman–Crippen LogP) is 3.68. The maximum Gasteiger partial charge on any atom is 0.242 e. The number of carbonyl (C=O) groups excluding carboxylic acids is 2. The molecule has 0 aromatic heterocycles. The Morgan fingerprint density at radius 3 is 2.21 bits per heavy atom. The minimum absolute atomic E-state index is 0.0770. The molecule has 1 N–H and O–H groups in total. The molecular weight excluding hydrogens is 390 g/mol. The number of anilines is 1. The number of ether oxygens (including phenoxy) is 2. The summed E-state index contributed by atoms with van der Waals surface area (Å²) in [6, 6.07) is 14.3. The SMILES string of the molecule is CCN1C(=O)C(CC(=O)Nc2ccc(OC)cc2)SC1=Nc1ccc(OC)cc1. The lowest BCUT2D eigenvalue weighted by atomic mass is 10.2. The second-order valence-corrected chi connectivity index (χ2v) is 7.43. The molecule has 3 rings (SSSR count). The van der Waals surface area contributed by atoms with E-state index in [1.165, 1.54) is 11.8 Å². The first-order valence-corrected chi connectivity index (χ1v) is 10.1. The van der Waals surface area contributed by atoms with Gasteiger partial charge < -0.3 is 14.8 Å². The van der Waals surface area contributed by atoms with Crippen molar-refractivity contribution in [3.05, 3.63) is 48.5 Å². The predicted molar refractivity (Wildman–Crippen MR) is 115 cm³/mol. The number of nitrogens with zero attached hydrogens (tertiary/aromatic N) is 2. The van der Waals surface area contributed by atoms with Gasteiger partial charge in [-0.15, -0.1) is 0 Å². The normalized spacial score (nSPS) is 17.5. The summed E-state index contributed by atoms with van der Waals surface area (Å²) >= 11 is 1.32. The summed E-state index contributed by atoms with van der Waals surface area (Å²) in [5.41, 5.74) is 1.38.